The van der Waals surface area contributed by atoms with Crippen LogP contribution in [0.2, 0.25) is 0 Å². The molecule has 0 aromatic heterocycles. The summed E-state index contributed by atoms with van der Waals surface area (Å²) in [6.45, 7) is 1.25. The average molecular weight is 683 g/mol. The second kappa shape index (κ2) is 19.9. The molecule has 0 bridgehead atoms. The number of aliphatic hydroxyl groups is 1. The number of aliphatic hydroxyl groups excluding tert-OH is 1. The van der Waals surface area contributed by atoms with Crippen LogP contribution in [0, 0.1) is 0 Å². The van der Waals surface area contributed by atoms with Gasteiger partial charge in [0.25, 0.3) is 0 Å². The van der Waals surface area contributed by atoms with Crippen molar-refractivity contribution in [3.8, 4) is 5.75 Å². The molecular formula is C28H42N8O12. The van der Waals surface area contributed by atoms with Gasteiger partial charge in [-0.05, 0) is 43.9 Å². The number of phenols is 1. The highest BCUT2D eigenvalue weighted by Crippen LogP contribution is 2.13. The van der Waals surface area contributed by atoms with Crippen molar-refractivity contribution in [2.45, 2.75) is 81.8 Å². The Hall–Kier alpha value is -5.50. The molecule has 15 N–H and O–H groups in total. The maximum Gasteiger partial charge on any atom is 0.326 e. The maximum atomic E-state index is 13.5. The lowest BCUT2D eigenvalue weighted by Crippen LogP contribution is -2.59. The Kier molecular flexibility index (Phi) is 16.8. The summed E-state index contributed by atoms with van der Waals surface area (Å²) in [4.78, 5) is 90.6. The number of aromatic hydroxyl groups is 1. The number of amides is 4. The number of benzene rings is 1. The van der Waals surface area contributed by atoms with Crippen molar-refractivity contribution in [3.63, 3.8) is 0 Å². The van der Waals surface area contributed by atoms with Gasteiger partial charge in [-0.15, -0.1) is 0 Å². The van der Waals surface area contributed by atoms with Crippen molar-refractivity contribution in [1.29, 1.82) is 0 Å². The number of aliphatic imine (C=N–C) groups is 1. The van der Waals surface area contributed by atoms with Crippen LogP contribution in [0.5, 0.6) is 5.75 Å². The highest BCUT2D eigenvalue weighted by atomic mass is 16.4. The fourth-order valence-corrected chi connectivity index (χ4v) is 4.06. The number of guanidine groups is 1. The molecule has 1 rings (SSSR count). The largest absolute Gasteiger partial charge is 0.508 e. The van der Waals surface area contributed by atoms with E-state index in [4.69, 9.17) is 22.3 Å². The normalized spacial score (nSPS) is 14.5. The number of hydrogen-bond donors (Lipinski definition) is 12. The van der Waals surface area contributed by atoms with Crippen molar-refractivity contribution < 1.29 is 59.1 Å². The van der Waals surface area contributed by atoms with Crippen molar-refractivity contribution in [2.75, 3.05) is 6.54 Å². The van der Waals surface area contributed by atoms with E-state index in [1.165, 1.54) is 31.2 Å². The molecule has 20 nitrogen and oxygen atoms in total. The average Bonchev–Trinajstić information content (AvgIpc) is 2.99. The number of phenolic OH excluding ortho intramolecular Hbond substituents is 1. The molecule has 48 heavy (non-hydrogen) atoms. The molecule has 0 unspecified atom stereocenters. The van der Waals surface area contributed by atoms with E-state index in [9.17, 15) is 54.0 Å². The lowest BCUT2D eigenvalue weighted by Gasteiger charge is -2.26. The predicted molar refractivity (Wildman–Crippen MR) is 166 cm³/mol. The summed E-state index contributed by atoms with van der Waals surface area (Å²) >= 11 is 0. The third-order valence-electron chi connectivity index (χ3n) is 6.68. The van der Waals surface area contributed by atoms with Crippen LogP contribution < -0.4 is 38.5 Å². The Balaban J connectivity index is 3.32. The SMILES string of the molecule is C[C@@H](O)[C@H](N)C(=O)N[C@@H](CCC(=O)O)C(=O)N[C@@H](Cc1ccc(O)cc1)C(=O)N[C@@H](CC(=O)O)C(=O)N[C@@H](CCCN=C(N)N)C(=O)O. The first kappa shape index (κ1) is 40.5. The monoisotopic (exact) mass is 682 g/mol. The quantitative estimate of drug-likeness (QED) is 0.0334. The molecule has 0 aliphatic rings. The van der Waals surface area contributed by atoms with Gasteiger partial charge in [0.05, 0.1) is 12.5 Å². The summed E-state index contributed by atoms with van der Waals surface area (Å²) < 4.78 is 0. The zero-order valence-electron chi connectivity index (χ0n) is 26.0. The van der Waals surface area contributed by atoms with Gasteiger partial charge in [0.1, 0.15) is 36.0 Å². The van der Waals surface area contributed by atoms with E-state index in [1.54, 1.807) is 0 Å². The van der Waals surface area contributed by atoms with Gasteiger partial charge in [0.15, 0.2) is 5.96 Å². The number of nitrogens with zero attached hydrogens (tertiary/aromatic N) is 1. The molecule has 6 atom stereocenters. The molecule has 1 aromatic carbocycles. The number of hydrogen-bond acceptors (Lipinski definition) is 11. The third kappa shape index (κ3) is 15.2. The standard InChI is InChI=1S/C28H42N8O12/c1-13(37)22(29)26(46)33-16(8-9-20(39)40)23(43)35-18(11-14-4-6-15(38)7-5-14)24(44)36-19(12-21(41)42)25(45)34-17(27(47)48)3-2-10-32-28(30)31/h4-7,13,16-19,22,37-38H,2-3,8-12,29H2,1H3,(H,33,46)(H,34,45)(H,35,43)(H,36,44)(H,39,40)(H,41,42)(H,47,48)(H4,30,31,32)/t13-,16+,17+,18+,19+,22+/m1/s1. The summed E-state index contributed by atoms with van der Waals surface area (Å²) in [5.74, 6) is -9.03. The minimum atomic E-state index is -1.83. The number of carbonyl (C=O) groups is 7. The number of aliphatic carboxylic acids is 3. The lowest BCUT2D eigenvalue weighted by molar-refractivity contribution is -0.144. The number of carboxylic acid groups (broad SMARTS) is 3. The summed E-state index contributed by atoms with van der Waals surface area (Å²) in [5.41, 5.74) is 16.4. The minimum Gasteiger partial charge on any atom is -0.508 e. The van der Waals surface area contributed by atoms with Crippen LogP contribution in [0.4, 0.5) is 0 Å². The van der Waals surface area contributed by atoms with E-state index in [2.05, 4.69) is 26.3 Å². The van der Waals surface area contributed by atoms with E-state index in [-0.39, 0.29) is 37.5 Å². The first-order valence-corrected chi connectivity index (χ1v) is 14.6. The molecule has 20 heteroatoms. The Morgan fingerprint density at radius 2 is 1.27 bits per heavy atom. The fraction of sp³-hybridized carbons (Fsp3) is 0.500. The number of nitrogens with two attached hydrogens (primary N) is 3. The molecule has 0 fully saturated rings. The molecular weight excluding hydrogens is 640 g/mol. The number of rotatable bonds is 21. The zero-order valence-corrected chi connectivity index (χ0v) is 26.0. The molecule has 0 aliphatic heterocycles. The molecule has 0 radical (unpaired) electrons. The summed E-state index contributed by atoms with van der Waals surface area (Å²) in [6.07, 6.45) is -3.75. The van der Waals surface area contributed by atoms with Gasteiger partial charge >= 0.3 is 17.9 Å². The van der Waals surface area contributed by atoms with Crippen LogP contribution in [-0.2, 0) is 40.0 Å². The van der Waals surface area contributed by atoms with Crippen LogP contribution in [0.3, 0.4) is 0 Å². The van der Waals surface area contributed by atoms with Gasteiger partial charge in [0, 0.05) is 19.4 Å². The second-order valence-electron chi connectivity index (χ2n) is 10.7. The van der Waals surface area contributed by atoms with Crippen molar-refractivity contribution in [1.82, 2.24) is 21.3 Å². The Morgan fingerprint density at radius 3 is 1.79 bits per heavy atom. The molecule has 0 heterocycles. The smallest absolute Gasteiger partial charge is 0.326 e. The van der Waals surface area contributed by atoms with Crippen LogP contribution in [0.15, 0.2) is 29.3 Å². The summed E-state index contributed by atoms with van der Waals surface area (Å²) in [6, 6.07) is -2.64. The highest BCUT2D eigenvalue weighted by Gasteiger charge is 2.33. The van der Waals surface area contributed by atoms with E-state index < -0.39 is 97.1 Å². The first-order chi connectivity index (χ1) is 22.4. The van der Waals surface area contributed by atoms with Crippen molar-refractivity contribution in [2.24, 2.45) is 22.2 Å². The van der Waals surface area contributed by atoms with Crippen LogP contribution >= 0.6 is 0 Å². The van der Waals surface area contributed by atoms with Gasteiger partial charge in [-0.3, -0.25) is 33.8 Å². The van der Waals surface area contributed by atoms with Crippen LogP contribution in [0.1, 0.15) is 44.6 Å². The molecule has 0 saturated carbocycles. The number of carboxylic acids is 3. The van der Waals surface area contributed by atoms with E-state index in [0.717, 1.165) is 0 Å². The molecule has 4 amide bonds. The molecule has 0 aliphatic carbocycles. The maximum absolute atomic E-state index is 13.5. The fourth-order valence-electron chi connectivity index (χ4n) is 4.06. The van der Waals surface area contributed by atoms with Gasteiger partial charge in [0.2, 0.25) is 23.6 Å². The highest BCUT2D eigenvalue weighted by molar-refractivity contribution is 5.96. The predicted octanol–water partition coefficient (Wildman–Crippen LogP) is -3.94. The Labute approximate surface area is 274 Å². The lowest BCUT2D eigenvalue weighted by atomic mass is 10.0. The van der Waals surface area contributed by atoms with Gasteiger partial charge < -0.3 is 64.0 Å². The van der Waals surface area contributed by atoms with Crippen LogP contribution in [-0.4, -0.2) is 116 Å². The summed E-state index contributed by atoms with van der Waals surface area (Å²) in [5, 5.41) is 56.3. The van der Waals surface area contributed by atoms with Gasteiger partial charge in [-0.25, -0.2) is 4.79 Å². The molecule has 266 valence electrons. The minimum absolute atomic E-state index is 0.0365. The third-order valence-corrected chi connectivity index (χ3v) is 6.68. The number of carbonyl (C=O) groups excluding carboxylic acids is 4. The van der Waals surface area contributed by atoms with Gasteiger partial charge in [-0.1, -0.05) is 12.1 Å². The Bertz CT molecular complexity index is 1330. The molecule has 1 aromatic rings. The van der Waals surface area contributed by atoms with E-state index in [1.807, 2.05) is 0 Å². The topological polar surface area (TPSA) is 359 Å². The van der Waals surface area contributed by atoms with Gasteiger partial charge in [-0.2, -0.15) is 0 Å². The second-order valence-corrected chi connectivity index (χ2v) is 10.7. The summed E-state index contributed by atoms with van der Waals surface area (Å²) in [7, 11) is 0. The first-order valence-electron chi connectivity index (χ1n) is 14.6. The molecule has 0 saturated heterocycles. The van der Waals surface area contributed by atoms with Crippen LogP contribution in [0.25, 0.3) is 0 Å². The van der Waals surface area contributed by atoms with E-state index in [0.29, 0.717) is 5.56 Å². The zero-order chi connectivity index (χ0) is 36.6. The molecule has 0 spiro atoms. The van der Waals surface area contributed by atoms with E-state index >= 15 is 0 Å². The number of nitrogens with one attached hydrogen (secondary N) is 4. The van der Waals surface area contributed by atoms with Crippen molar-refractivity contribution >= 4 is 47.5 Å². The van der Waals surface area contributed by atoms with Crippen molar-refractivity contribution in [3.05, 3.63) is 29.8 Å². The Morgan fingerprint density at radius 1 is 0.750 bits per heavy atom.